The lowest BCUT2D eigenvalue weighted by atomic mass is 10.2. The normalized spacial score (nSPS) is 15.1. The summed E-state index contributed by atoms with van der Waals surface area (Å²) in [7, 11) is 0. The van der Waals surface area contributed by atoms with Crippen LogP contribution in [0, 0.1) is 6.92 Å². The highest BCUT2D eigenvalue weighted by Gasteiger charge is 2.17. The summed E-state index contributed by atoms with van der Waals surface area (Å²) in [6, 6.07) is 7.60. The molecule has 0 saturated carbocycles. The molecule has 8 nitrogen and oxygen atoms in total. The Hall–Kier alpha value is -2.45. The van der Waals surface area contributed by atoms with Crippen LogP contribution in [0.5, 0.6) is 5.75 Å². The van der Waals surface area contributed by atoms with Crippen molar-refractivity contribution in [3.63, 3.8) is 0 Å². The summed E-state index contributed by atoms with van der Waals surface area (Å²) < 4.78 is 7.33. The van der Waals surface area contributed by atoms with E-state index in [4.69, 9.17) is 4.74 Å². The van der Waals surface area contributed by atoms with Gasteiger partial charge in [-0.15, -0.1) is 5.10 Å². The standard InChI is InChI=1S/C19H28N6O2/c1-14(2)27-17-6-4-16(5-7-17)25-15(3)18(22-23-25)19(26)21-10-13-24-11-8-20-9-12-24/h4-7,14,20H,8-13H2,1-3H3,(H,21,26). The molecular formula is C19H28N6O2. The molecule has 146 valence electrons. The van der Waals surface area contributed by atoms with E-state index in [9.17, 15) is 4.79 Å². The van der Waals surface area contributed by atoms with Crippen molar-refractivity contribution in [1.29, 1.82) is 0 Å². The zero-order valence-electron chi connectivity index (χ0n) is 16.2. The Bertz CT molecular complexity index is 750. The summed E-state index contributed by atoms with van der Waals surface area (Å²) in [6.45, 7) is 11.3. The third kappa shape index (κ3) is 5.05. The van der Waals surface area contributed by atoms with Crippen LogP contribution < -0.4 is 15.4 Å². The van der Waals surface area contributed by atoms with Gasteiger partial charge in [-0.25, -0.2) is 4.68 Å². The lowest BCUT2D eigenvalue weighted by Gasteiger charge is -2.26. The molecule has 1 fully saturated rings. The molecule has 0 radical (unpaired) electrons. The molecule has 27 heavy (non-hydrogen) atoms. The molecule has 1 amide bonds. The highest BCUT2D eigenvalue weighted by molar-refractivity contribution is 5.93. The number of amides is 1. The summed E-state index contributed by atoms with van der Waals surface area (Å²) in [5.41, 5.74) is 1.92. The van der Waals surface area contributed by atoms with Crippen molar-refractivity contribution < 1.29 is 9.53 Å². The SMILES string of the molecule is Cc1c(C(=O)NCCN2CCNCC2)nnn1-c1ccc(OC(C)C)cc1. The van der Waals surface area contributed by atoms with Gasteiger partial charge in [0.15, 0.2) is 5.69 Å². The summed E-state index contributed by atoms with van der Waals surface area (Å²) in [5.74, 6) is 0.617. The fourth-order valence-corrected chi connectivity index (χ4v) is 3.07. The third-order valence-corrected chi connectivity index (χ3v) is 4.49. The number of carbonyl (C=O) groups is 1. The van der Waals surface area contributed by atoms with Gasteiger partial charge in [0.2, 0.25) is 0 Å². The number of aromatic nitrogens is 3. The molecule has 2 heterocycles. The van der Waals surface area contributed by atoms with Crippen LogP contribution >= 0.6 is 0 Å². The highest BCUT2D eigenvalue weighted by Crippen LogP contribution is 2.18. The monoisotopic (exact) mass is 372 g/mol. The Balaban J connectivity index is 1.59. The second kappa shape index (κ2) is 8.96. The number of rotatable bonds is 7. The zero-order chi connectivity index (χ0) is 19.2. The first kappa shape index (κ1) is 19.3. The molecule has 1 aromatic heterocycles. The van der Waals surface area contributed by atoms with Crippen molar-refractivity contribution in [2.75, 3.05) is 39.3 Å². The molecule has 0 aliphatic carbocycles. The number of hydrogen-bond donors (Lipinski definition) is 2. The van der Waals surface area contributed by atoms with E-state index in [0.29, 0.717) is 17.9 Å². The maximum absolute atomic E-state index is 12.4. The van der Waals surface area contributed by atoms with Crippen molar-refractivity contribution in [3.05, 3.63) is 35.7 Å². The average molecular weight is 372 g/mol. The fourth-order valence-electron chi connectivity index (χ4n) is 3.07. The molecule has 2 aromatic rings. The van der Waals surface area contributed by atoms with Gasteiger partial charge in [-0.3, -0.25) is 9.69 Å². The minimum Gasteiger partial charge on any atom is -0.491 e. The van der Waals surface area contributed by atoms with Crippen LogP contribution in [0.4, 0.5) is 0 Å². The Kier molecular flexibility index (Phi) is 6.41. The van der Waals surface area contributed by atoms with Crippen LogP contribution in [-0.4, -0.2) is 71.2 Å². The van der Waals surface area contributed by atoms with Gasteiger partial charge in [-0.2, -0.15) is 0 Å². The number of carbonyl (C=O) groups excluding carboxylic acids is 1. The van der Waals surface area contributed by atoms with Crippen molar-refractivity contribution in [1.82, 2.24) is 30.5 Å². The largest absolute Gasteiger partial charge is 0.491 e. The third-order valence-electron chi connectivity index (χ3n) is 4.49. The van der Waals surface area contributed by atoms with E-state index in [1.807, 2.05) is 45.0 Å². The van der Waals surface area contributed by atoms with Gasteiger partial charge < -0.3 is 15.4 Å². The maximum atomic E-state index is 12.4. The molecule has 3 rings (SSSR count). The Labute approximate surface area is 159 Å². The van der Waals surface area contributed by atoms with Crippen LogP contribution in [-0.2, 0) is 0 Å². The van der Waals surface area contributed by atoms with Gasteiger partial charge in [0.25, 0.3) is 5.91 Å². The molecule has 1 aliphatic rings. The quantitative estimate of drug-likeness (QED) is 0.754. The van der Waals surface area contributed by atoms with Crippen molar-refractivity contribution in [3.8, 4) is 11.4 Å². The molecular weight excluding hydrogens is 344 g/mol. The van der Waals surface area contributed by atoms with E-state index in [1.165, 1.54) is 0 Å². The first-order chi connectivity index (χ1) is 13.0. The summed E-state index contributed by atoms with van der Waals surface area (Å²) in [6.07, 6.45) is 0.125. The van der Waals surface area contributed by atoms with Crippen LogP contribution in [0.1, 0.15) is 30.0 Å². The van der Waals surface area contributed by atoms with E-state index in [0.717, 1.165) is 44.2 Å². The minimum atomic E-state index is -0.186. The number of nitrogens with one attached hydrogen (secondary N) is 2. The van der Waals surface area contributed by atoms with Crippen LogP contribution in [0.15, 0.2) is 24.3 Å². The molecule has 1 saturated heterocycles. The van der Waals surface area contributed by atoms with E-state index in [2.05, 4.69) is 25.8 Å². The Morgan fingerprint density at radius 1 is 1.26 bits per heavy atom. The second-order valence-electron chi connectivity index (χ2n) is 6.94. The summed E-state index contributed by atoms with van der Waals surface area (Å²) in [4.78, 5) is 14.8. The predicted octanol–water partition coefficient (Wildman–Crippen LogP) is 0.998. The molecule has 8 heteroatoms. The Morgan fingerprint density at radius 3 is 2.63 bits per heavy atom. The van der Waals surface area contributed by atoms with Crippen molar-refractivity contribution >= 4 is 5.91 Å². The second-order valence-corrected chi connectivity index (χ2v) is 6.94. The first-order valence-electron chi connectivity index (χ1n) is 9.45. The van der Waals surface area contributed by atoms with Crippen LogP contribution in [0.25, 0.3) is 5.69 Å². The topological polar surface area (TPSA) is 84.3 Å². The minimum absolute atomic E-state index is 0.125. The van der Waals surface area contributed by atoms with Gasteiger partial charge in [0, 0.05) is 39.3 Å². The number of nitrogens with zero attached hydrogens (tertiary/aromatic N) is 4. The molecule has 0 atom stereocenters. The van der Waals surface area contributed by atoms with E-state index in [1.54, 1.807) is 4.68 Å². The fraction of sp³-hybridized carbons (Fsp3) is 0.526. The Morgan fingerprint density at radius 2 is 1.96 bits per heavy atom. The number of benzene rings is 1. The van der Waals surface area contributed by atoms with Gasteiger partial charge >= 0.3 is 0 Å². The lowest BCUT2D eigenvalue weighted by Crippen LogP contribution is -2.46. The van der Waals surface area contributed by atoms with Gasteiger partial charge in [-0.1, -0.05) is 5.21 Å². The number of piperazine rings is 1. The number of ether oxygens (including phenoxy) is 1. The molecule has 2 N–H and O–H groups in total. The molecule has 0 bridgehead atoms. The van der Waals surface area contributed by atoms with Crippen molar-refractivity contribution in [2.45, 2.75) is 26.9 Å². The van der Waals surface area contributed by atoms with Gasteiger partial charge in [-0.05, 0) is 45.0 Å². The summed E-state index contributed by atoms with van der Waals surface area (Å²) in [5, 5.41) is 14.5. The molecule has 0 spiro atoms. The molecule has 1 aliphatic heterocycles. The van der Waals surface area contributed by atoms with E-state index < -0.39 is 0 Å². The van der Waals surface area contributed by atoms with Gasteiger partial charge in [0.1, 0.15) is 5.75 Å². The van der Waals surface area contributed by atoms with E-state index >= 15 is 0 Å². The van der Waals surface area contributed by atoms with Crippen molar-refractivity contribution in [2.24, 2.45) is 0 Å². The highest BCUT2D eigenvalue weighted by atomic mass is 16.5. The van der Waals surface area contributed by atoms with Crippen LogP contribution in [0.2, 0.25) is 0 Å². The maximum Gasteiger partial charge on any atom is 0.273 e. The molecule has 0 unspecified atom stereocenters. The smallest absolute Gasteiger partial charge is 0.273 e. The summed E-state index contributed by atoms with van der Waals surface area (Å²) >= 11 is 0. The lowest BCUT2D eigenvalue weighted by molar-refractivity contribution is 0.0941. The average Bonchev–Trinajstić information content (AvgIpc) is 3.04. The zero-order valence-corrected chi connectivity index (χ0v) is 16.2. The van der Waals surface area contributed by atoms with Crippen LogP contribution in [0.3, 0.4) is 0 Å². The number of hydrogen-bond acceptors (Lipinski definition) is 6. The first-order valence-corrected chi connectivity index (χ1v) is 9.45. The molecule has 1 aromatic carbocycles. The van der Waals surface area contributed by atoms with E-state index in [-0.39, 0.29) is 12.0 Å². The van der Waals surface area contributed by atoms with Gasteiger partial charge in [0.05, 0.1) is 17.5 Å². The predicted molar refractivity (Wildman–Crippen MR) is 104 cm³/mol.